The van der Waals surface area contributed by atoms with Crippen LogP contribution in [0, 0.1) is 0 Å². The molecule has 0 atom stereocenters. The number of nitrogens with one attached hydrogen (secondary N) is 2. The van der Waals surface area contributed by atoms with Crippen molar-refractivity contribution >= 4 is 12.0 Å². The van der Waals surface area contributed by atoms with Crippen LogP contribution in [0.5, 0.6) is 5.75 Å². The van der Waals surface area contributed by atoms with Crippen molar-refractivity contribution in [1.82, 2.24) is 15.5 Å². The zero-order valence-corrected chi connectivity index (χ0v) is 12.5. The first-order valence-electron chi connectivity index (χ1n) is 6.70. The van der Waals surface area contributed by atoms with E-state index >= 15 is 0 Å². The number of carbonyl (C=O) groups excluding carboxylic acids is 1. The van der Waals surface area contributed by atoms with Crippen LogP contribution in [0.4, 0.5) is 10.8 Å². The lowest BCUT2D eigenvalue weighted by atomic mass is 10.1. The second-order valence-electron chi connectivity index (χ2n) is 4.40. The average molecular weight is 306 g/mol. The fraction of sp³-hybridized carbons (Fsp3) is 0.357. The Kier molecular flexibility index (Phi) is 5.73. The fourth-order valence-electron chi connectivity index (χ4n) is 1.70. The number of hydrogen-bond acceptors (Lipinski definition) is 6. The molecule has 0 saturated carbocycles. The average Bonchev–Trinajstić information content (AvgIpc) is 2.95. The van der Waals surface area contributed by atoms with E-state index in [1.807, 2.05) is 24.3 Å². The molecule has 2 aromatic rings. The zero-order chi connectivity index (χ0) is 15.8. The van der Waals surface area contributed by atoms with E-state index in [9.17, 15) is 4.79 Å². The van der Waals surface area contributed by atoms with E-state index in [4.69, 9.17) is 13.9 Å². The van der Waals surface area contributed by atoms with E-state index in [-0.39, 0.29) is 6.01 Å². The van der Waals surface area contributed by atoms with E-state index in [1.165, 1.54) is 0 Å². The Labute approximate surface area is 127 Å². The van der Waals surface area contributed by atoms with Crippen molar-refractivity contribution in [2.45, 2.75) is 6.42 Å². The molecule has 1 heterocycles. The van der Waals surface area contributed by atoms with Gasteiger partial charge in [0.05, 0.1) is 20.1 Å². The summed E-state index contributed by atoms with van der Waals surface area (Å²) in [5.41, 5.74) is 1.00. The SMILES string of the molecule is COCCNC(=O)Nc1nnc(Cc2ccc(OC)cc2)o1. The standard InChI is InChI=1S/C14H18N4O4/c1-20-8-7-15-13(19)16-14-18-17-12(22-14)9-10-3-5-11(21-2)6-4-10/h3-6H,7-9H2,1-2H3,(H2,15,16,18,19). The van der Waals surface area contributed by atoms with Crippen molar-refractivity contribution in [3.63, 3.8) is 0 Å². The van der Waals surface area contributed by atoms with Crippen molar-refractivity contribution in [1.29, 1.82) is 0 Å². The minimum absolute atomic E-state index is 0.0541. The van der Waals surface area contributed by atoms with Gasteiger partial charge in [-0.3, -0.25) is 5.32 Å². The lowest BCUT2D eigenvalue weighted by molar-refractivity contribution is 0.198. The highest BCUT2D eigenvalue weighted by Gasteiger charge is 2.10. The predicted octanol–water partition coefficient (Wildman–Crippen LogP) is 1.44. The number of hydrogen-bond donors (Lipinski definition) is 2. The molecule has 2 rings (SSSR count). The Balaban J connectivity index is 1.86. The number of rotatable bonds is 7. The summed E-state index contributed by atoms with van der Waals surface area (Å²) in [5, 5.41) is 12.7. The number of nitrogens with zero attached hydrogens (tertiary/aromatic N) is 2. The number of carbonyl (C=O) groups is 1. The number of anilines is 1. The number of ether oxygens (including phenoxy) is 2. The van der Waals surface area contributed by atoms with Crippen LogP contribution in [0.2, 0.25) is 0 Å². The Hall–Kier alpha value is -2.61. The summed E-state index contributed by atoms with van der Waals surface area (Å²) < 4.78 is 15.3. The second-order valence-corrected chi connectivity index (χ2v) is 4.40. The number of benzene rings is 1. The molecule has 0 fully saturated rings. The first-order valence-corrected chi connectivity index (χ1v) is 6.70. The van der Waals surface area contributed by atoms with E-state index in [0.717, 1.165) is 11.3 Å². The maximum absolute atomic E-state index is 11.5. The summed E-state index contributed by atoms with van der Waals surface area (Å²) in [6, 6.07) is 7.17. The minimum Gasteiger partial charge on any atom is -0.497 e. The van der Waals surface area contributed by atoms with Crippen molar-refractivity contribution in [2.75, 3.05) is 32.7 Å². The molecule has 22 heavy (non-hydrogen) atoms. The largest absolute Gasteiger partial charge is 0.497 e. The van der Waals surface area contributed by atoms with Gasteiger partial charge in [0.1, 0.15) is 5.75 Å². The first-order chi connectivity index (χ1) is 10.7. The summed E-state index contributed by atoms with van der Waals surface area (Å²) in [4.78, 5) is 11.5. The van der Waals surface area contributed by atoms with Gasteiger partial charge in [0.2, 0.25) is 5.89 Å². The van der Waals surface area contributed by atoms with E-state index in [0.29, 0.717) is 25.5 Å². The Morgan fingerprint density at radius 1 is 1.23 bits per heavy atom. The monoisotopic (exact) mass is 306 g/mol. The van der Waals surface area contributed by atoms with Gasteiger partial charge in [0, 0.05) is 13.7 Å². The van der Waals surface area contributed by atoms with Crippen LogP contribution < -0.4 is 15.4 Å². The fourth-order valence-corrected chi connectivity index (χ4v) is 1.70. The van der Waals surface area contributed by atoms with Crippen LogP contribution in [-0.4, -0.2) is 43.6 Å². The van der Waals surface area contributed by atoms with Crippen molar-refractivity contribution in [3.8, 4) is 5.75 Å². The predicted molar refractivity (Wildman–Crippen MR) is 79.0 cm³/mol. The number of urea groups is 1. The van der Waals surface area contributed by atoms with Gasteiger partial charge in [-0.2, -0.15) is 0 Å². The molecule has 0 saturated heterocycles. The van der Waals surface area contributed by atoms with Gasteiger partial charge in [-0.1, -0.05) is 17.2 Å². The van der Waals surface area contributed by atoms with Crippen molar-refractivity contribution in [3.05, 3.63) is 35.7 Å². The lowest BCUT2D eigenvalue weighted by Crippen LogP contribution is -2.31. The maximum Gasteiger partial charge on any atom is 0.323 e. The Morgan fingerprint density at radius 2 is 2.00 bits per heavy atom. The summed E-state index contributed by atoms with van der Waals surface area (Å²) in [5.74, 6) is 1.20. The Morgan fingerprint density at radius 3 is 2.68 bits per heavy atom. The molecule has 0 bridgehead atoms. The molecule has 0 unspecified atom stereocenters. The van der Waals surface area contributed by atoms with Crippen LogP contribution in [0.25, 0.3) is 0 Å². The summed E-state index contributed by atoms with van der Waals surface area (Å²) >= 11 is 0. The highest BCUT2D eigenvalue weighted by Crippen LogP contribution is 2.15. The molecular formula is C14H18N4O4. The maximum atomic E-state index is 11.5. The minimum atomic E-state index is -0.420. The van der Waals surface area contributed by atoms with Crippen LogP contribution >= 0.6 is 0 Å². The van der Waals surface area contributed by atoms with Crippen molar-refractivity contribution in [2.24, 2.45) is 0 Å². The molecule has 0 aliphatic rings. The van der Waals surface area contributed by atoms with Gasteiger partial charge in [-0.15, -0.1) is 5.10 Å². The van der Waals surface area contributed by atoms with Gasteiger partial charge in [-0.25, -0.2) is 4.79 Å². The highest BCUT2D eigenvalue weighted by atomic mass is 16.5. The third kappa shape index (κ3) is 4.74. The molecular weight excluding hydrogens is 288 g/mol. The molecule has 118 valence electrons. The van der Waals surface area contributed by atoms with Crippen LogP contribution in [-0.2, 0) is 11.2 Å². The van der Waals surface area contributed by atoms with E-state index in [1.54, 1.807) is 14.2 Å². The van der Waals surface area contributed by atoms with Gasteiger partial charge >= 0.3 is 12.0 Å². The number of amides is 2. The topological polar surface area (TPSA) is 98.5 Å². The van der Waals surface area contributed by atoms with Gasteiger partial charge in [-0.05, 0) is 17.7 Å². The normalized spacial score (nSPS) is 10.3. The van der Waals surface area contributed by atoms with Crippen LogP contribution in [0.15, 0.2) is 28.7 Å². The molecule has 2 amide bonds. The van der Waals surface area contributed by atoms with E-state index < -0.39 is 6.03 Å². The first kappa shape index (κ1) is 15.8. The smallest absolute Gasteiger partial charge is 0.323 e. The third-order valence-electron chi connectivity index (χ3n) is 2.79. The highest BCUT2D eigenvalue weighted by molar-refractivity contribution is 5.86. The quantitative estimate of drug-likeness (QED) is 0.751. The molecule has 0 spiro atoms. The molecule has 2 N–H and O–H groups in total. The molecule has 1 aromatic heterocycles. The van der Waals surface area contributed by atoms with E-state index in [2.05, 4.69) is 20.8 Å². The Bertz CT molecular complexity index is 597. The summed E-state index contributed by atoms with van der Waals surface area (Å²) in [7, 11) is 3.17. The molecule has 8 nitrogen and oxygen atoms in total. The van der Waals surface area contributed by atoms with Gasteiger partial charge < -0.3 is 19.2 Å². The van der Waals surface area contributed by atoms with Crippen LogP contribution in [0.3, 0.4) is 0 Å². The van der Waals surface area contributed by atoms with Crippen molar-refractivity contribution < 1.29 is 18.7 Å². The molecule has 0 aliphatic heterocycles. The lowest BCUT2D eigenvalue weighted by Gasteiger charge is -2.03. The third-order valence-corrected chi connectivity index (χ3v) is 2.79. The number of methoxy groups -OCH3 is 2. The molecule has 1 aromatic carbocycles. The number of aromatic nitrogens is 2. The summed E-state index contributed by atoms with van der Waals surface area (Å²) in [6.07, 6.45) is 0.476. The zero-order valence-electron chi connectivity index (χ0n) is 12.5. The second kappa shape index (κ2) is 7.99. The van der Waals surface area contributed by atoms with Gasteiger partial charge in [0.25, 0.3) is 0 Å². The molecule has 0 aliphatic carbocycles. The summed E-state index contributed by atoms with van der Waals surface area (Å²) in [6.45, 7) is 0.829. The molecule has 8 heteroatoms. The molecule has 0 radical (unpaired) electrons. The van der Waals surface area contributed by atoms with Gasteiger partial charge in [0.15, 0.2) is 0 Å². The van der Waals surface area contributed by atoms with Crippen LogP contribution in [0.1, 0.15) is 11.5 Å².